The maximum Gasteiger partial charge on any atom is 0.262 e. The van der Waals surface area contributed by atoms with Gasteiger partial charge in [0.2, 0.25) is 5.91 Å². The van der Waals surface area contributed by atoms with Crippen LogP contribution in [0.15, 0.2) is 71.1 Å². The fraction of sp³-hybridized carbons (Fsp3) is 0.143. The Hall–Kier alpha value is -3.19. The summed E-state index contributed by atoms with van der Waals surface area (Å²) in [6.45, 7) is 5.49. The highest BCUT2D eigenvalue weighted by molar-refractivity contribution is 7.99. The number of rotatable bonds is 7. The van der Waals surface area contributed by atoms with Gasteiger partial charge in [0, 0.05) is 17.8 Å². The fourth-order valence-corrected chi connectivity index (χ4v) is 3.47. The average Bonchev–Trinajstić information content (AvgIpc) is 2.69. The highest BCUT2D eigenvalue weighted by atomic mass is 32.2. The summed E-state index contributed by atoms with van der Waals surface area (Å²) < 4.78 is 1.51. The van der Waals surface area contributed by atoms with Gasteiger partial charge in [0.1, 0.15) is 0 Å². The third-order valence-corrected chi connectivity index (χ3v) is 5.02. The first-order chi connectivity index (χ1) is 13.5. The Labute approximate surface area is 166 Å². The second-order valence-electron chi connectivity index (χ2n) is 6.09. The smallest absolute Gasteiger partial charge is 0.262 e. The number of benzene rings is 2. The Morgan fingerprint density at radius 1 is 1.18 bits per heavy atom. The molecule has 0 atom stereocenters. The molecule has 7 heteroatoms. The molecule has 2 aromatic carbocycles. The van der Waals surface area contributed by atoms with Gasteiger partial charge in [0.05, 0.1) is 16.7 Å². The van der Waals surface area contributed by atoms with Gasteiger partial charge in [-0.05, 0) is 43.3 Å². The van der Waals surface area contributed by atoms with Gasteiger partial charge in [-0.25, -0.2) is 4.98 Å². The van der Waals surface area contributed by atoms with Crippen molar-refractivity contribution >= 4 is 40.0 Å². The lowest BCUT2D eigenvalue weighted by Gasteiger charge is -2.11. The quantitative estimate of drug-likeness (QED) is 0.287. The molecule has 0 saturated heterocycles. The van der Waals surface area contributed by atoms with Crippen molar-refractivity contribution in [3.63, 3.8) is 0 Å². The molecule has 0 aliphatic heterocycles. The normalized spacial score (nSPS) is 10.6. The molecular formula is C21H19N3O3S. The van der Waals surface area contributed by atoms with E-state index in [0.717, 1.165) is 0 Å². The van der Waals surface area contributed by atoms with Crippen LogP contribution in [0.2, 0.25) is 0 Å². The van der Waals surface area contributed by atoms with Crippen LogP contribution in [-0.4, -0.2) is 27.0 Å². The number of fused-ring (bicyclic) bond motifs is 1. The number of nitrogens with zero attached hydrogens (tertiary/aromatic N) is 2. The van der Waals surface area contributed by atoms with E-state index in [1.54, 1.807) is 48.5 Å². The number of para-hydroxylation sites is 1. The van der Waals surface area contributed by atoms with Crippen LogP contribution in [0, 0.1) is 0 Å². The first kappa shape index (κ1) is 19.6. The minimum Gasteiger partial charge on any atom is -0.325 e. The lowest BCUT2D eigenvalue weighted by Crippen LogP contribution is -2.23. The number of nitrogens with one attached hydrogen (secondary N) is 1. The number of ketones is 1. The Balaban J connectivity index is 1.76. The summed E-state index contributed by atoms with van der Waals surface area (Å²) >= 11 is 1.19. The monoisotopic (exact) mass is 393 g/mol. The van der Waals surface area contributed by atoms with Gasteiger partial charge in [0.25, 0.3) is 5.56 Å². The maximum absolute atomic E-state index is 12.7. The molecule has 0 fully saturated rings. The summed E-state index contributed by atoms with van der Waals surface area (Å²) in [6.07, 6.45) is 1.62. The molecule has 0 saturated carbocycles. The van der Waals surface area contributed by atoms with E-state index in [1.165, 1.54) is 23.3 Å². The number of amides is 1. The Kier molecular flexibility index (Phi) is 6.06. The number of anilines is 1. The molecule has 1 heterocycles. The molecule has 1 N–H and O–H groups in total. The van der Waals surface area contributed by atoms with Gasteiger partial charge in [-0.2, -0.15) is 0 Å². The van der Waals surface area contributed by atoms with E-state index in [9.17, 15) is 14.4 Å². The molecule has 3 aromatic rings. The third-order valence-electron chi connectivity index (χ3n) is 4.05. The number of thioether (sulfide) groups is 1. The van der Waals surface area contributed by atoms with Crippen molar-refractivity contribution < 1.29 is 9.59 Å². The van der Waals surface area contributed by atoms with Gasteiger partial charge in [-0.3, -0.25) is 19.0 Å². The second kappa shape index (κ2) is 8.67. The molecule has 0 aliphatic carbocycles. The summed E-state index contributed by atoms with van der Waals surface area (Å²) in [7, 11) is 0. The number of carbonyl (C=O) groups excluding carboxylic acids is 2. The second-order valence-corrected chi connectivity index (χ2v) is 7.03. The third kappa shape index (κ3) is 4.37. The minimum atomic E-state index is -0.229. The lowest BCUT2D eigenvalue weighted by molar-refractivity contribution is -0.113. The number of Topliss-reactive ketones (excluding diaryl/α,β-unsaturated/α-hetero) is 1. The van der Waals surface area contributed by atoms with E-state index in [-0.39, 0.29) is 23.0 Å². The van der Waals surface area contributed by atoms with Gasteiger partial charge in [-0.1, -0.05) is 30.0 Å². The first-order valence-electron chi connectivity index (χ1n) is 8.63. The van der Waals surface area contributed by atoms with Gasteiger partial charge >= 0.3 is 0 Å². The first-order valence-corrected chi connectivity index (χ1v) is 9.62. The Morgan fingerprint density at radius 3 is 2.57 bits per heavy atom. The van der Waals surface area contributed by atoms with Crippen molar-refractivity contribution in [1.29, 1.82) is 0 Å². The zero-order valence-corrected chi connectivity index (χ0v) is 16.2. The van der Waals surface area contributed by atoms with Crippen molar-refractivity contribution in [1.82, 2.24) is 9.55 Å². The van der Waals surface area contributed by atoms with Crippen LogP contribution < -0.4 is 10.9 Å². The standard InChI is InChI=1S/C21H19N3O3S/c1-3-12-24-20(27)17-6-4-5-7-18(17)23-21(24)28-13-19(26)22-16-10-8-15(9-11-16)14(2)25/h3-11H,1,12-13H2,2H3,(H,22,26). The fourth-order valence-electron chi connectivity index (χ4n) is 2.66. The van der Waals surface area contributed by atoms with E-state index in [0.29, 0.717) is 33.9 Å². The number of hydrogen-bond acceptors (Lipinski definition) is 5. The van der Waals surface area contributed by atoms with Crippen LogP contribution in [0.4, 0.5) is 5.69 Å². The van der Waals surface area contributed by atoms with Crippen LogP contribution in [0.5, 0.6) is 0 Å². The molecule has 0 spiro atoms. The van der Waals surface area contributed by atoms with Crippen molar-refractivity contribution in [2.45, 2.75) is 18.6 Å². The molecular weight excluding hydrogens is 374 g/mol. The Bertz CT molecular complexity index is 1100. The zero-order chi connectivity index (χ0) is 20.1. The zero-order valence-electron chi connectivity index (χ0n) is 15.3. The van der Waals surface area contributed by atoms with E-state index in [1.807, 2.05) is 6.07 Å². The molecule has 3 rings (SSSR count). The number of hydrogen-bond donors (Lipinski definition) is 1. The topological polar surface area (TPSA) is 81.1 Å². The van der Waals surface area contributed by atoms with E-state index >= 15 is 0 Å². The molecule has 142 valence electrons. The van der Waals surface area contributed by atoms with Crippen LogP contribution in [0.1, 0.15) is 17.3 Å². The summed E-state index contributed by atoms with van der Waals surface area (Å²) in [5, 5.41) is 3.77. The van der Waals surface area contributed by atoms with Crippen LogP contribution >= 0.6 is 11.8 Å². The van der Waals surface area contributed by atoms with Crippen molar-refractivity contribution in [3.05, 3.63) is 77.1 Å². The number of aromatic nitrogens is 2. The maximum atomic E-state index is 12.7. The van der Waals surface area contributed by atoms with E-state index in [4.69, 9.17) is 0 Å². The van der Waals surface area contributed by atoms with Gasteiger partial charge in [0.15, 0.2) is 10.9 Å². The van der Waals surface area contributed by atoms with E-state index < -0.39 is 0 Å². The molecule has 1 amide bonds. The van der Waals surface area contributed by atoms with Crippen LogP contribution in [0.25, 0.3) is 10.9 Å². The highest BCUT2D eigenvalue weighted by Gasteiger charge is 2.12. The number of carbonyl (C=O) groups is 2. The van der Waals surface area contributed by atoms with Gasteiger partial charge in [-0.15, -0.1) is 6.58 Å². The summed E-state index contributed by atoms with van der Waals surface area (Å²) in [4.78, 5) is 40.8. The SMILES string of the molecule is C=CCn1c(SCC(=O)Nc2ccc(C(C)=O)cc2)nc2ccccc2c1=O. The molecule has 1 aromatic heterocycles. The molecule has 0 radical (unpaired) electrons. The minimum absolute atomic E-state index is 0.0315. The molecule has 0 aliphatic rings. The predicted octanol–water partition coefficient (Wildman–Crippen LogP) is 3.52. The lowest BCUT2D eigenvalue weighted by atomic mass is 10.1. The molecule has 6 nitrogen and oxygen atoms in total. The number of allylic oxidation sites excluding steroid dienone is 1. The van der Waals surface area contributed by atoms with E-state index in [2.05, 4.69) is 16.9 Å². The predicted molar refractivity (Wildman–Crippen MR) is 112 cm³/mol. The van der Waals surface area contributed by atoms with Crippen molar-refractivity contribution in [2.24, 2.45) is 0 Å². The van der Waals surface area contributed by atoms with Crippen molar-refractivity contribution in [2.75, 3.05) is 11.1 Å². The molecule has 28 heavy (non-hydrogen) atoms. The molecule has 0 bridgehead atoms. The average molecular weight is 393 g/mol. The van der Waals surface area contributed by atoms with Crippen LogP contribution in [0.3, 0.4) is 0 Å². The van der Waals surface area contributed by atoms with Gasteiger partial charge < -0.3 is 5.32 Å². The largest absolute Gasteiger partial charge is 0.325 e. The summed E-state index contributed by atoms with van der Waals surface area (Å²) in [6, 6.07) is 13.8. The molecule has 0 unspecified atom stereocenters. The highest BCUT2D eigenvalue weighted by Crippen LogP contribution is 2.18. The summed E-state index contributed by atoms with van der Waals surface area (Å²) in [5.41, 5.74) is 1.62. The van der Waals surface area contributed by atoms with Crippen LogP contribution in [-0.2, 0) is 11.3 Å². The van der Waals surface area contributed by atoms with Crippen molar-refractivity contribution in [3.8, 4) is 0 Å². The summed E-state index contributed by atoms with van der Waals surface area (Å²) in [5.74, 6) is -0.166. The Morgan fingerprint density at radius 2 is 1.89 bits per heavy atom.